The summed E-state index contributed by atoms with van der Waals surface area (Å²) in [5.74, 6) is 1.41. The number of rotatable bonds is 7. The van der Waals surface area contributed by atoms with Crippen LogP contribution in [0, 0.1) is 5.41 Å². The van der Waals surface area contributed by atoms with Crippen LogP contribution in [0.15, 0.2) is 29.3 Å². The maximum Gasteiger partial charge on any atom is 0.316 e. The Hall–Kier alpha value is -1.09. The molecule has 0 amide bonds. The largest absolute Gasteiger partial charge is 0.463 e. The molecule has 8 heteroatoms. The molecule has 0 radical (unpaired) electrons. The normalized spacial score (nSPS) is 19.4. The molecule has 31 heavy (non-hydrogen) atoms. The molecule has 1 heterocycles. The number of methoxy groups -OCH3 is 1. The van der Waals surface area contributed by atoms with Crippen molar-refractivity contribution in [3.05, 3.63) is 29.8 Å². The van der Waals surface area contributed by atoms with Gasteiger partial charge in [0, 0.05) is 19.4 Å². The number of nitrogens with zero attached hydrogens (tertiary/aromatic N) is 2. The van der Waals surface area contributed by atoms with Crippen molar-refractivity contribution in [2.45, 2.75) is 45.4 Å². The van der Waals surface area contributed by atoms with Gasteiger partial charge in [-0.25, -0.2) is 4.99 Å². The molecule has 1 aliphatic heterocycles. The minimum atomic E-state index is -0.270. The van der Waals surface area contributed by atoms with Crippen molar-refractivity contribution in [2.75, 3.05) is 38.4 Å². The van der Waals surface area contributed by atoms with Crippen molar-refractivity contribution >= 4 is 56.9 Å². The Morgan fingerprint density at radius 2 is 2.03 bits per heavy atom. The molecule has 2 fully saturated rings. The number of thioether (sulfide) groups is 2. The molecular weight excluding hydrogens is 448 g/mol. The van der Waals surface area contributed by atoms with Crippen LogP contribution in [-0.4, -0.2) is 58.7 Å². The predicted molar refractivity (Wildman–Crippen MR) is 136 cm³/mol. The fourth-order valence-corrected chi connectivity index (χ4v) is 6.43. The molecule has 1 saturated carbocycles. The van der Waals surface area contributed by atoms with Crippen molar-refractivity contribution in [1.29, 1.82) is 0 Å². The predicted octanol–water partition coefficient (Wildman–Crippen LogP) is 5.61. The van der Waals surface area contributed by atoms with Gasteiger partial charge in [0.05, 0.1) is 18.0 Å². The summed E-state index contributed by atoms with van der Waals surface area (Å²) in [7, 11) is 1.59. The van der Waals surface area contributed by atoms with Crippen LogP contribution in [0.2, 0.25) is 0 Å². The molecule has 1 aromatic rings. The molecule has 170 valence electrons. The van der Waals surface area contributed by atoms with Gasteiger partial charge in [-0.05, 0) is 35.8 Å². The fraction of sp³-hybridized carbons (Fsp3) is 0.609. The lowest BCUT2D eigenvalue weighted by molar-refractivity contribution is -0.141. The third kappa shape index (κ3) is 6.70. The molecule has 0 atom stereocenters. The van der Waals surface area contributed by atoms with Crippen LogP contribution >= 0.6 is 35.7 Å². The number of benzene rings is 1. The van der Waals surface area contributed by atoms with Gasteiger partial charge in [-0.15, -0.1) is 0 Å². The maximum atomic E-state index is 12.0. The summed E-state index contributed by atoms with van der Waals surface area (Å²) in [5, 5.41) is 0.941. The summed E-state index contributed by atoms with van der Waals surface area (Å²) in [6.45, 7) is 5.93. The van der Waals surface area contributed by atoms with Crippen LogP contribution in [0.25, 0.3) is 0 Å². The molecule has 0 aromatic heterocycles. The van der Waals surface area contributed by atoms with Crippen molar-refractivity contribution in [3.8, 4) is 0 Å². The van der Waals surface area contributed by atoms with Crippen LogP contribution in [0.1, 0.15) is 51.0 Å². The Bertz CT molecular complexity index is 807. The molecule has 1 aromatic carbocycles. The lowest BCUT2D eigenvalue weighted by Gasteiger charge is -2.41. The highest BCUT2D eigenvalue weighted by Crippen LogP contribution is 2.46. The van der Waals surface area contributed by atoms with E-state index in [0.29, 0.717) is 22.3 Å². The van der Waals surface area contributed by atoms with E-state index in [4.69, 9.17) is 26.7 Å². The van der Waals surface area contributed by atoms with Gasteiger partial charge in [-0.1, -0.05) is 80.6 Å². The number of ether oxygens (including phenoxy) is 2. The number of hydrogen-bond acceptors (Lipinski definition) is 7. The topological polar surface area (TPSA) is 51.1 Å². The van der Waals surface area contributed by atoms with E-state index in [1.807, 2.05) is 6.07 Å². The molecule has 0 bridgehead atoms. The second kappa shape index (κ2) is 11.7. The third-order valence-electron chi connectivity index (χ3n) is 5.76. The van der Waals surface area contributed by atoms with E-state index in [9.17, 15) is 4.79 Å². The van der Waals surface area contributed by atoms with Gasteiger partial charge >= 0.3 is 5.97 Å². The Morgan fingerprint density at radius 1 is 1.29 bits per heavy atom. The molecule has 0 N–H and O–H groups in total. The lowest BCUT2D eigenvalue weighted by Crippen LogP contribution is -2.47. The van der Waals surface area contributed by atoms with Crippen LogP contribution in [0.5, 0.6) is 0 Å². The Balaban J connectivity index is 1.76. The summed E-state index contributed by atoms with van der Waals surface area (Å²) < 4.78 is 10.8. The Morgan fingerprint density at radius 3 is 2.74 bits per heavy atom. The van der Waals surface area contributed by atoms with Crippen molar-refractivity contribution in [1.82, 2.24) is 4.90 Å². The molecule has 3 rings (SSSR count). The summed E-state index contributed by atoms with van der Waals surface area (Å²) in [5.41, 5.74) is 2.53. The van der Waals surface area contributed by atoms with Gasteiger partial charge in [0.25, 0.3) is 0 Å². The highest BCUT2D eigenvalue weighted by atomic mass is 32.2. The third-order valence-corrected chi connectivity index (χ3v) is 8.50. The zero-order chi connectivity index (χ0) is 22.3. The number of esters is 1. The maximum absolute atomic E-state index is 12.0. The summed E-state index contributed by atoms with van der Waals surface area (Å²) >= 11 is 8.95. The van der Waals surface area contributed by atoms with Crippen molar-refractivity contribution < 1.29 is 14.3 Å². The number of amidine groups is 1. The molecule has 0 unspecified atom stereocenters. The molecule has 2 aliphatic rings. The quantitative estimate of drug-likeness (QED) is 0.285. The SMILES string of the molecule is COCCOC(=O)CSC(=S)N1CC2(CCCC2)CSC1=Nc1ccccc1C(C)C. The summed E-state index contributed by atoms with van der Waals surface area (Å²) in [6, 6.07) is 8.31. The van der Waals surface area contributed by atoms with Crippen molar-refractivity contribution in [2.24, 2.45) is 10.4 Å². The monoisotopic (exact) mass is 480 g/mol. The number of hydrogen-bond donors (Lipinski definition) is 0. The highest BCUT2D eigenvalue weighted by molar-refractivity contribution is 8.23. The molecular formula is C23H32N2O3S3. The van der Waals surface area contributed by atoms with Crippen LogP contribution < -0.4 is 0 Å². The van der Waals surface area contributed by atoms with E-state index in [1.165, 1.54) is 43.0 Å². The zero-order valence-electron chi connectivity index (χ0n) is 18.6. The Kier molecular flexibility index (Phi) is 9.25. The Labute approximate surface area is 199 Å². The number of carbonyl (C=O) groups is 1. The standard InChI is InChI=1S/C23H32N2O3S3/c1-17(2)18-8-4-5-9-19(18)24-21-25(15-23(16-31-21)10-6-7-11-23)22(29)30-14-20(26)28-13-12-27-3/h4-5,8-9,17H,6-7,10-16H2,1-3H3. The van der Waals surface area contributed by atoms with E-state index < -0.39 is 0 Å². The molecule has 1 aliphatic carbocycles. The van der Waals surface area contributed by atoms with Gasteiger partial charge in [-0.2, -0.15) is 0 Å². The van der Waals surface area contributed by atoms with Gasteiger partial charge in [0.15, 0.2) is 5.17 Å². The van der Waals surface area contributed by atoms with Gasteiger partial charge in [0.2, 0.25) is 0 Å². The second-order valence-corrected chi connectivity index (χ2v) is 11.0. The lowest BCUT2D eigenvalue weighted by atomic mass is 9.88. The molecule has 5 nitrogen and oxygen atoms in total. The van der Waals surface area contributed by atoms with Gasteiger partial charge < -0.3 is 14.4 Å². The first-order chi connectivity index (χ1) is 14.9. The smallest absolute Gasteiger partial charge is 0.316 e. The van der Waals surface area contributed by atoms with Gasteiger partial charge in [0.1, 0.15) is 10.9 Å². The number of aliphatic imine (C=N–C) groups is 1. The minimum absolute atomic E-state index is 0.201. The summed E-state index contributed by atoms with van der Waals surface area (Å²) in [6.07, 6.45) is 5.03. The molecule has 1 saturated heterocycles. The van der Waals surface area contributed by atoms with E-state index >= 15 is 0 Å². The number of thiocarbonyl (C=S) groups is 1. The van der Waals surface area contributed by atoms with E-state index in [1.54, 1.807) is 18.9 Å². The minimum Gasteiger partial charge on any atom is -0.463 e. The average Bonchev–Trinajstić information content (AvgIpc) is 3.21. The van der Waals surface area contributed by atoms with E-state index in [-0.39, 0.29) is 18.3 Å². The van der Waals surface area contributed by atoms with E-state index in [2.05, 4.69) is 36.9 Å². The van der Waals surface area contributed by atoms with Crippen LogP contribution in [-0.2, 0) is 14.3 Å². The summed E-state index contributed by atoms with van der Waals surface area (Å²) in [4.78, 5) is 19.3. The number of carbonyl (C=O) groups excluding carboxylic acids is 1. The first-order valence-corrected chi connectivity index (χ1v) is 13.2. The van der Waals surface area contributed by atoms with Crippen LogP contribution in [0.4, 0.5) is 5.69 Å². The second-order valence-electron chi connectivity index (χ2n) is 8.46. The number of para-hydroxylation sites is 1. The van der Waals surface area contributed by atoms with Gasteiger partial charge in [-0.3, -0.25) is 4.79 Å². The fourth-order valence-electron chi connectivity index (χ4n) is 4.07. The zero-order valence-corrected chi connectivity index (χ0v) is 21.0. The van der Waals surface area contributed by atoms with E-state index in [0.717, 1.165) is 23.2 Å². The first kappa shape index (κ1) is 24.6. The highest BCUT2D eigenvalue weighted by Gasteiger charge is 2.41. The first-order valence-electron chi connectivity index (χ1n) is 10.8. The molecule has 1 spiro atoms. The van der Waals surface area contributed by atoms with Crippen molar-refractivity contribution in [3.63, 3.8) is 0 Å². The van der Waals surface area contributed by atoms with Crippen LogP contribution in [0.3, 0.4) is 0 Å². The average molecular weight is 481 g/mol.